The highest BCUT2D eigenvalue weighted by Gasteiger charge is 2.18. The van der Waals surface area contributed by atoms with Crippen molar-refractivity contribution in [3.63, 3.8) is 0 Å². The maximum atomic E-state index is 10.3. The minimum atomic E-state index is -3.92. The Labute approximate surface area is 62.7 Å². The zero-order valence-electron chi connectivity index (χ0n) is 4.83. The van der Waals surface area contributed by atoms with Crippen molar-refractivity contribution >= 4 is 26.3 Å². The summed E-state index contributed by atoms with van der Waals surface area (Å²) in [5.41, 5.74) is 0. The first-order valence-corrected chi connectivity index (χ1v) is 4.64. The molecule has 1 unspecified atom stereocenters. The average molecular weight is 218 g/mol. The summed E-state index contributed by atoms with van der Waals surface area (Å²) in [5.74, 6) is 0. The maximum absolute atomic E-state index is 10.3. The maximum Gasteiger partial charge on any atom is 0.281 e. The van der Waals surface area contributed by atoms with Gasteiger partial charge in [-0.1, -0.05) is 6.92 Å². The zero-order valence-corrected chi connectivity index (χ0v) is 7.24. The van der Waals surface area contributed by atoms with E-state index in [-0.39, 0.29) is 0 Å². The largest absolute Gasteiger partial charge is 0.284 e. The van der Waals surface area contributed by atoms with Gasteiger partial charge in [-0.25, -0.2) is 4.34 Å². The quantitative estimate of drug-likeness (QED) is 0.535. The van der Waals surface area contributed by atoms with Crippen LogP contribution in [0.15, 0.2) is 0 Å². The predicted molar refractivity (Wildman–Crippen MR) is 37.7 cm³/mol. The summed E-state index contributed by atoms with van der Waals surface area (Å²) < 4.78 is 31.1. The summed E-state index contributed by atoms with van der Waals surface area (Å²) >= 11 is 2.72. The highest BCUT2D eigenvalue weighted by atomic mass is 79.9. The molecule has 1 atom stereocenters. The molecule has 56 valence electrons. The van der Waals surface area contributed by atoms with Gasteiger partial charge in [0.15, 0.2) is 0 Å². The Morgan fingerprint density at radius 3 is 2.22 bits per heavy atom. The lowest BCUT2D eigenvalue weighted by molar-refractivity contribution is 0.462. The highest BCUT2D eigenvalue weighted by Crippen LogP contribution is 2.00. The van der Waals surface area contributed by atoms with Crippen LogP contribution in [-0.4, -0.2) is 18.3 Å². The second-order valence-corrected chi connectivity index (χ2v) is 3.58. The molecule has 0 spiro atoms. The molecule has 0 aromatic heterocycles. The molecule has 0 aliphatic carbocycles. The van der Waals surface area contributed by atoms with Crippen LogP contribution in [0.5, 0.6) is 0 Å². The van der Waals surface area contributed by atoms with Gasteiger partial charge in [0.1, 0.15) is 5.37 Å². The van der Waals surface area contributed by atoms with Gasteiger partial charge < -0.3 is 0 Å². The third-order valence-corrected chi connectivity index (χ3v) is 2.88. The van der Waals surface area contributed by atoms with Crippen LogP contribution in [0, 0.1) is 0 Å². The van der Waals surface area contributed by atoms with Gasteiger partial charge in [0.05, 0.1) is 0 Å². The van der Waals surface area contributed by atoms with Crippen molar-refractivity contribution in [3.05, 3.63) is 0 Å². The monoisotopic (exact) mass is 217 g/mol. The van der Waals surface area contributed by atoms with Crippen LogP contribution in [0.3, 0.4) is 0 Å². The summed E-state index contributed by atoms with van der Waals surface area (Å²) in [5, 5.41) is -0.905. The van der Waals surface area contributed by atoms with E-state index in [1.807, 2.05) is 0 Å². The van der Waals surface area contributed by atoms with Crippen LogP contribution in [0.1, 0.15) is 13.3 Å². The van der Waals surface area contributed by atoms with Gasteiger partial charge in [0, 0.05) is 16.1 Å². The summed E-state index contributed by atoms with van der Waals surface area (Å²) in [6.45, 7) is 1.65. The summed E-state index contributed by atoms with van der Waals surface area (Å²) in [4.78, 5) is 0. The first-order chi connectivity index (χ1) is 4.02. The van der Waals surface area contributed by atoms with Crippen LogP contribution >= 0.6 is 16.1 Å². The van der Waals surface area contributed by atoms with E-state index in [2.05, 4.69) is 20.5 Å². The number of hydrogen-bond donors (Lipinski definition) is 2. The molecular weight excluding hydrogens is 210 g/mol. The van der Waals surface area contributed by atoms with Crippen molar-refractivity contribution in [2.45, 2.75) is 18.7 Å². The fourth-order valence-electron chi connectivity index (χ4n) is 0.344. The van der Waals surface area contributed by atoms with Crippen LogP contribution in [0.4, 0.5) is 0 Å². The number of rotatable bonds is 3. The third-order valence-electron chi connectivity index (χ3n) is 0.852. The first-order valence-electron chi connectivity index (χ1n) is 2.34. The number of hydrogen-bond acceptors (Lipinski definition) is 3. The first kappa shape index (κ1) is 9.35. The molecule has 0 aliphatic rings. The molecule has 4 nitrogen and oxygen atoms in total. The Balaban J connectivity index is 4.14. The second-order valence-electron chi connectivity index (χ2n) is 1.52. The molecule has 0 heterocycles. The Kier molecular flexibility index (Phi) is 3.64. The van der Waals surface area contributed by atoms with Crippen molar-refractivity contribution in [1.29, 1.82) is 0 Å². The molecule has 6 heteroatoms. The summed E-state index contributed by atoms with van der Waals surface area (Å²) in [6, 6.07) is 0. The van der Waals surface area contributed by atoms with Crippen LogP contribution in [0.2, 0.25) is 0 Å². The summed E-state index contributed by atoms with van der Waals surface area (Å²) in [7, 11) is -3.92. The molecule has 0 bridgehead atoms. The van der Waals surface area contributed by atoms with E-state index >= 15 is 0 Å². The van der Waals surface area contributed by atoms with Crippen molar-refractivity contribution in [2.75, 3.05) is 0 Å². The molecule has 0 amide bonds. The van der Waals surface area contributed by atoms with E-state index in [1.54, 1.807) is 6.92 Å². The van der Waals surface area contributed by atoms with Crippen molar-refractivity contribution in [1.82, 2.24) is 4.34 Å². The van der Waals surface area contributed by atoms with Crippen LogP contribution in [-0.2, 0) is 10.1 Å². The van der Waals surface area contributed by atoms with Gasteiger partial charge in [0.2, 0.25) is 0 Å². The van der Waals surface area contributed by atoms with Crippen molar-refractivity contribution in [2.24, 2.45) is 0 Å². The fraction of sp³-hybridized carbons (Fsp3) is 1.00. The van der Waals surface area contributed by atoms with Gasteiger partial charge in [0.25, 0.3) is 10.1 Å². The lowest BCUT2D eigenvalue weighted by Gasteiger charge is -2.06. The Hall–Kier alpha value is 0.350. The Morgan fingerprint density at radius 1 is 1.78 bits per heavy atom. The predicted octanol–water partition coefficient (Wildman–Crippen LogP) is 0.510. The van der Waals surface area contributed by atoms with E-state index in [4.69, 9.17) is 4.55 Å². The molecule has 0 aliphatic heterocycles. The van der Waals surface area contributed by atoms with Gasteiger partial charge in [-0.15, -0.1) is 0 Å². The lowest BCUT2D eigenvalue weighted by atomic mass is 10.5. The van der Waals surface area contributed by atoms with Gasteiger partial charge >= 0.3 is 0 Å². The fourth-order valence-corrected chi connectivity index (χ4v) is 1.91. The third kappa shape index (κ3) is 3.14. The molecule has 0 rings (SSSR count). The Bertz CT molecular complexity index is 162. The average Bonchev–Trinajstić information content (AvgIpc) is 1.65. The van der Waals surface area contributed by atoms with E-state index in [9.17, 15) is 8.42 Å². The Morgan fingerprint density at radius 2 is 2.22 bits per heavy atom. The molecule has 0 saturated heterocycles. The van der Waals surface area contributed by atoms with Crippen molar-refractivity contribution in [3.8, 4) is 0 Å². The second kappa shape index (κ2) is 3.50. The summed E-state index contributed by atoms with van der Waals surface area (Å²) in [6.07, 6.45) is 0.323. The van der Waals surface area contributed by atoms with Gasteiger partial charge in [-0.05, 0) is 6.42 Å². The minimum Gasteiger partial charge on any atom is -0.284 e. The lowest BCUT2D eigenvalue weighted by Crippen LogP contribution is -2.28. The molecule has 0 fully saturated rings. The molecule has 9 heavy (non-hydrogen) atoms. The van der Waals surface area contributed by atoms with Crippen LogP contribution < -0.4 is 4.34 Å². The molecular formula is C3H8BrNO3S. The zero-order chi connectivity index (χ0) is 7.49. The number of halogens is 1. The minimum absolute atomic E-state index is 0.323. The normalized spacial score (nSPS) is 15.4. The molecule has 2 N–H and O–H groups in total. The molecule has 0 aromatic carbocycles. The SMILES string of the molecule is CCC(NBr)S(=O)(=O)O. The highest BCUT2D eigenvalue weighted by molar-refractivity contribution is 9.08. The van der Waals surface area contributed by atoms with E-state index < -0.39 is 15.5 Å². The van der Waals surface area contributed by atoms with Crippen LogP contribution in [0.25, 0.3) is 0 Å². The van der Waals surface area contributed by atoms with Gasteiger partial charge in [-0.2, -0.15) is 8.42 Å². The van der Waals surface area contributed by atoms with Gasteiger partial charge in [-0.3, -0.25) is 4.55 Å². The molecule has 0 aromatic rings. The van der Waals surface area contributed by atoms with E-state index in [0.29, 0.717) is 6.42 Å². The van der Waals surface area contributed by atoms with E-state index in [0.717, 1.165) is 0 Å². The number of nitrogens with one attached hydrogen (secondary N) is 1. The standard InChI is InChI=1S/C3H8BrNO3S/c1-2-3(5-4)9(6,7)8/h3,5H,2H2,1H3,(H,6,7,8). The smallest absolute Gasteiger partial charge is 0.281 e. The molecule has 0 saturated carbocycles. The molecule has 0 radical (unpaired) electrons. The van der Waals surface area contributed by atoms with Crippen molar-refractivity contribution < 1.29 is 13.0 Å². The van der Waals surface area contributed by atoms with E-state index in [1.165, 1.54) is 0 Å². The topological polar surface area (TPSA) is 66.4 Å².